The van der Waals surface area contributed by atoms with E-state index in [1.807, 2.05) is 66.1 Å². The number of halogens is 4. The number of aliphatic hydroxyl groups excluding tert-OH is 1. The van der Waals surface area contributed by atoms with Crippen molar-refractivity contribution >= 4 is 47.6 Å². The first-order valence-corrected chi connectivity index (χ1v) is 24.3. The predicted molar refractivity (Wildman–Crippen MR) is 292 cm³/mol. The summed E-state index contributed by atoms with van der Waals surface area (Å²) in [5.74, 6) is -0.152. The van der Waals surface area contributed by atoms with Crippen LogP contribution in [0.5, 0.6) is 0 Å². The van der Waals surface area contributed by atoms with Crippen molar-refractivity contribution in [2.24, 2.45) is 5.84 Å². The fourth-order valence-electron chi connectivity index (χ4n) is 5.67. The number of Topliss-reactive ketones (excluding diaryl/α,β-unsaturated/α-hetero) is 1. The smallest absolute Gasteiger partial charge is 0.407 e. The first-order valence-electron chi connectivity index (χ1n) is 24.3. The highest BCUT2D eigenvalue weighted by atomic mass is 19.1. The fraction of sp³-hybridized carbons (Fsp3) is 0.254. The van der Waals surface area contributed by atoms with Crippen molar-refractivity contribution in [1.29, 1.82) is 0 Å². The molecule has 0 saturated heterocycles. The van der Waals surface area contributed by atoms with E-state index in [0.717, 1.165) is 22.3 Å². The van der Waals surface area contributed by atoms with Gasteiger partial charge in [0.1, 0.15) is 36.5 Å². The van der Waals surface area contributed by atoms with Crippen LogP contribution >= 0.6 is 0 Å². The summed E-state index contributed by atoms with van der Waals surface area (Å²) in [7, 11) is 0. The summed E-state index contributed by atoms with van der Waals surface area (Å²) in [5, 5.41) is 29.0. The minimum Gasteiger partial charge on any atom is -0.481 e. The molecule has 0 saturated carbocycles. The number of carbonyl (C=O) groups excluding carboxylic acids is 6. The molecular weight excluding hydrogens is 1060 g/mol. The van der Waals surface area contributed by atoms with Crippen molar-refractivity contribution in [3.8, 4) is 0 Å². The number of alkyl carbamates (subject to hydrolysis) is 1. The van der Waals surface area contributed by atoms with Gasteiger partial charge >= 0.3 is 30.0 Å². The Morgan fingerprint density at radius 3 is 1.20 bits per heavy atom. The highest BCUT2D eigenvalue weighted by molar-refractivity contribution is 5.89. The molecule has 0 fully saturated rings. The molecule has 22 heteroatoms. The Morgan fingerprint density at radius 1 is 0.444 bits per heavy atom. The number of hydrogen-bond donors (Lipinski definition) is 7. The minimum atomic E-state index is -0.994. The van der Waals surface area contributed by atoms with Gasteiger partial charge in [-0.15, -0.1) is 0 Å². The molecule has 0 aromatic heterocycles. The maximum atomic E-state index is 12.8. The summed E-state index contributed by atoms with van der Waals surface area (Å²) >= 11 is 0. The van der Waals surface area contributed by atoms with Crippen molar-refractivity contribution in [2.45, 2.75) is 73.0 Å². The van der Waals surface area contributed by atoms with Gasteiger partial charge in [0.25, 0.3) is 0 Å². The number of rotatable bonds is 20. The Balaban J connectivity index is 0.00000101. The van der Waals surface area contributed by atoms with E-state index >= 15 is 0 Å². The van der Waals surface area contributed by atoms with E-state index in [-0.39, 0.29) is 126 Å². The Kier molecular flexibility index (Phi) is 38.7. The van der Waals surface area contributed by atoms with E-state index in [9.17, 15) is 55.9 Å². The molecule has 0 heterocycles. The number of carbonyl (C=O) groups is 8. The highest BCUT2D eigenvalue weighted by Gasteiger charge is 2.11. The summed E-state index contributed by atoms with van der Waals surface area (Å²) in [5.41, 5.74) is 6.47. The van der Waals surface area contributed by atoms with E-state index in [1.54, 1.807) is 38.1 Å². The molecule has 6 aromatic rings. The van der Waals surface area contributed by atoms with Crippen molar-refractivity contribution in [3.63, 3.8) is 0 Å². The van der Waals surface area contributed by atoms with Gasteiger partial charge in [0.15, 0.2) is 5.78 Å². The van der Waals surface area contributed by atoms with Crippen LogP contribution in [-0.4, -0.2) is 89.2 Å². The molecule has 3 amide bonds. The van der Waals surface area contributed by atoms with Crippen molar-refractivity contribution < 1.29 is 85.4 Å². The van der Waals surface area contributed by atoms with Crippen LogP contribution in [0.2, 0.25) is 0 Å². The maximum absolute atomic E-state index is 12.8. The lowest BCUT2D eigenvalue weighted by atomic mass is 10.1. The van der Waals surface area contributed by atoms with Crippen LogP contribution in [0, 0.1) is 23.3 Å². The molecule has 436 valence electrons. The van der Waals surface area contributed by atoms with Crippen molar-refractivity contribution in [3.05, 3.63) is 214 Å². The number of aliphatic carboxylic acids is 2. The number of esters is 2. The fourth-order valence-corrected chi connectivity index (χ4v) is 5.67. The quantitative estimate of drug-likeness (QED) is 0.00953. The molecule has 0 spiro atoms. The zero-order valence-corrected chi connectivity index (χ0v) is 43.9. The Labute approximate surface area is 467 Å². The molecule has 6 rings (SSSR count). The van der Waals surface area contributed by atoms with Gasteiger partial charge in [-0.05, 0) is 95.8 Å². The normalized spacial score (nSPS) is 9.48. The molecule has 0 aliphatic rings. The number of nitrogens with one attached hydrogen (secondary N) is 3. The average molecular weight is 1130 g/mol. The second-order valence-electron chi connectivity index (χ2n) is 16.1. The van der Waals surface area contributed by atoms with Crippen LogP contribution in [0.15, 0.2) is 158 Å². The van der Waals surface area contributed by atoms with Crippen LogP contribution in [0.4, 0.5) is 22.4 Å². The molecule has 0 bridgehead atoms. The Morgan fingerprint density at radius 2 is 0.815 bits per heavy atom. The largest absolute Gasteiger partial charge is 0.481 e. The zero-order valence-electron chi connectivity index (χ0n) is 43.9. The molecule has 6 aromatic carbocycles. The summed E-state index contributed by atoms with van der Waals surface area (Å²) in [6.45, 7) is 3.90. The number of ketones is 1. The monoisotopic (exact) mass is 1130 g/mol. The molecule has 0 aliphatic carbocycles. The Bertz CT molecular complexity index is 2760. The minimum absolute atomic E-state index is 0. The lowest BCUT2D eigenvalue weighted by Crippen LogP contribution is -2.37. The SMILES string of the molecule is C.CCO.CCOC(=O)Cc1ccc(F)cc1.NNC(=O)Cc1ccc(F)cc1.O=C(CNC(=O)Cc1ccc(F)cc1)CNC(=O)OCc1ccccc1.O=C(O)CCC(=O)OCc1ccccc1.O=C(O)Cc1ccc(F)cc1. The molecule has 0 unspecified atom stereocenters. The van der Waals surface area contributed by atoms with E-state index in [0.29, 0.717) is 17.7 Å². The predicted octanol–water partition coefficient (Wildman–Crippen LogP) is 7.95. The number of nitrogens with two attached hydrogens (primary N) is 1. The number of ether oxygens (including phenoxy) is 3. The van der Waals surface area contributed by atoms with Gasteiger partial charge in [0, 0.05) is 6.61 Å². The molecule has 0 radical (unpaired) electrons. The number of amides is 3. The second kappa shape index (κ2) is 43.7. The molecule has 8 N–H and O–H groups in total. The summed E-state index contributed by atoms with van der Waals surface area (Å²) in [4.78, 5) is 88.0. The van der Waals surface area contributed by atoms with Gasteiger partial charge in [-0.1, -0.05) is 117 Å². The van der Waals surface area contributed by atoms with E-state index in [2.05, 4.69) is 10.6 Å². The number of aliphatic hydroxyl groups is 1. The molecule has 81 heavy (non-hydrogen) atoms. The van der Waals surface area contributed by atoms with Crippen LogP contribution in [0.1, 0.15) is 67.5 Å². The van der Waals surface area contributed by atoms with E-state index in [1.165, 1.54) is 72.8 Å². The van der Waals surface area contributed by atoms with Crippen LogP contribution < -0.4 is 21.9 Å². The third-order valence-electron chi connectivity index (χ3n) is 9.46. The van der Waals surface area contributed by atoms with Gasteiger partial charge in [-0.2, -0.15) is 0 Å². The summed E-state index contributed by atoms with van der Waals surface area (Å²) in [6.07, 6.45) is -0.610. The van der Waals surface area contributed by atoms with Crippen molar-refractivity contribution in [1.82, 2.24) is 16.1 Å². The number of carboxylic acid groups (broad SMARTS) is 2. The summed E-state index contributed by atoms with van der Waals surface area (Å²) in [6, 6.07) is 40.8. The maximum Gasteiger partial charge on any atom is 0.407 e. The number of hydrogen-bond acceptors (Lipinski definition) is 13. The highest BCUT2D eigenvalue weighted by Crippen LogP contribution is 2.08. The van der Waals surface area contributed by atoms with Gasteiger partial charge in [-0.3, -0.25) is 39.0 Å². The van der Waals surface area contributed by atoms with Crippen LogP contribution in [0.25, 0.3) is 0 Å². The lowest BCUT2D eigenvalue weighted by Gasteiger charge is -2.08. The lowest BCUT2D eigenvalue weighted by molar-refractivity contribution is -0.148. The third kappa shape index (κ3) is 38.8. The number of hydrazine groups is 1. The first kappa shape index (κ1) is 71.7. The molecular formula is C59H68F4N4O14. The van der Waals surface area contributed by atoms with Crippen LogP contribution in [-0.2, 0) is 86.7 Å². The number of carboxylic acids is 2. The number of benzene rings is 6. The van der Waals surface area contributed by atoms with E-state index < -0.39 is 24.0 Å². The van der Waals surface area contributed by atoms with Gasteiger partial charge in [0.05, 0.1) is 58.2 Å². The van der Waals surface area contributed by atoms with E-state index in [4.69, 9.17) is 35.4 Å². The van der Waals surface area contributed by atoms with Crippen LogP contribution in [0.3, 0.4) is 0 Å². The third-order valence-corrected chi connectivity index (χ3v) is 9.46. The summed E-state index contributed by atoms with van der Waals surface area (Å²) < 4.78 is 64.5. The average Bonchev–Trinajstić information content (AvgIpc) is 3.44. The topological polar surface area (TPSA) is 287 Å². The standard InChI is InChI=1S/C19H19FN2O4.C11H12O4.C10H11FO2.C8H9FN2O.C8H7FO2.C2H6O.CH4/c20-16-8-6-14(7-9-16)10-18(24)21-11-17(23)12-22-19(25)26-13-15-4-2-1-3-5-15;12-10(13)6-7-11(14)15-8-9-4-2-1-3-5-9;1-2-13-10(12)7-8-3-5-9(11)6-4-8;9-7-3-1-6(2-4-7)5-8(12)11-10;9-7-3-1-6(2-4-7)5-8(10)11;1-2-3;/h1-9H,10-13H2,(H,21,24)(H,22,25);1-5H,6-8H2,(H,12,13);3-6H,2,7H2,1H3;1-4H,5,10H2,(H,11,12);1-4H,5H2,(H,10,11);3H,2H2,1H3;1H4. The molecule has 0 aliphatic heterocycles. The zero-order chi connectivity index (χ0) is 59.5. The van der Waals surface area contributed by atoms with Gasteiger partial charge in [-0.25, -0.2) is 28.2 Å². The first-order chi connectivity index (χ1) is 38.2. The molecule has 18 nitrogen and oxygen atoms in total. The second-order valence-corrected chi connectivity index (χ2v) is 16.1. The Hall–Kier alpha value is -9.28. The van der Waals surface area contributed by atoms with Gasteiger partial charge in [0.2, 0.25) is 11.8 Å². The molecule has 0 atom stereocenters. The van der Waals surface area contributed by atoms with Gasteiger partial charge < -0.3 is 40.2 Å². The van der Waals surface area contributed by atoms with Crippen molar-refractivity contribution in [2.75, 3.05) is 26.3 Å².